The molecule has 0 aliphatic rings. The molecule has 0 aliphatic heterocycles. The Morgan fingerprint density at radius 3 is 2.57 bits per heavy atom. The van der Waals surface area contributed by atoms with Crippen LogP contribution in [0.5, 0.6) is 0 Å². The first-order valence-electron chi connectivity index (χ1n) is 1.51. The molecule has 0 aliphatic carbocycles. The maximum absolute atomic E-state index is 5.44. The van der Waals surface area contributed by atoms with Crippen LogP contribution in [-0.2, 0) is 0 Å². The van der Waals surface area contributed by atoms with E-state index in [4.69, 9.17) is 11.6 Å². The SMILES string of the molecule is Clc1cc[c]s1.[MgH2]. The summed E-state index contributed by atoms with van der Waals surface area (Å²) in [4.78, 5) is 0. The fourth-order valence-electron chi connectivity index (χ4n) is 0.224. The normalized spacial score (nSPS) is 7.57. The van der Waals surface area contributed by atoms with Gasteiger partial charge in [-0.15, -0.1) is 11.3 Å². The van der Waals surface area contributed by atoms with Gasteiger partial charge in [0.1, 0.15) is 0 Å². The largest absolute Gasteiger partial charge is 0.316 e. The number of hydrogen-bond acceptors (Lipinski definition) is 1. The molecule has 0 unspecified atom stereocenters. The molecule has 1 heterocycles. The van der Waals surface area contributed by atoms with Gasteiger partial charge in [-0.3, -0.25) is 0 Å². The molecule has 1 aromatic rings. The lowest BCUT2D eigenvalue weighted by atomic mass is 10.7. The molecule has 0 saturated carbocycles. The van der Waals surface area contributed by atoms with Gasteiger partial charge in [0, 0.05) is 5.38 Å². The number of halogens is 1. The maximum atomic E-state index is 5.44. The summed E-state index contributed by atoms with van der Waals surface area (Å²) in [6, 6.07) is 3.61. The Bertz CT molecular complexity index is 115. The van der Waals surface area contributed by atoms with Crippen LogP contribution in [0, 0.1) is 5.38 Å². The zero-order chi connectivity index (χ0) is 4.41. The van der Waals surface area contributed by atoms with Crippen molar-refractivity contribution in [2.24, 2.45) is 0 Å². The van der Waals surface area contributed by atoms with Crippen LogP contribution in [0.4, 0.5) is 0 Å². The molecule has 1 aromatic heterocycles. The number of hydrogen-bond donors (Lipinski definition) is 0. The summed E-state index contributed by atoms with van der Waals surface area (Å²) in [7, 11) is 0. The van der Waals surface area contributed by atoms with Crippen molar-refractivity contribution >= 4 is 46.0 Å². The van der Waals surface area contributed by atoms with Gasteiger partial charge in [0.2, 0.25) is 0 Å². The lowest BCUT2D eigenvalue weighted by Gasteiger charge is -1.61. The van der Waals surface area contributed by atoms with Gasteiger partial charge in [0.15, 0.2) is 0 Å². The molecular weight excluding hydrogens is 140 g/mol. The van der Waals surface area contributed by atoms with E-state index in [2.05, 4.69) is 5.38 Å². The Morgan fingerprint density at radius 1 is 1.71 bits per heavy atom. The lowest BCUT2D eigenvalue weighted by molar-refractivity contribution is 2.01. The summed E-state index contributed by atoms with van der Waals surface area (Å²) in [5.74, 6) is 0. The molecule has 35 valence electrons. The predicted molar refractivity (Wildman–Crippen MR) is 36.7 cm³/mol. The van der Waals surface area contributed by atoms with E-state index in [0.717, 1.165) is 4.34 Å². The average molecular weight is 144 g/mol. The fraction of sp³-hybridized carbons (Fsp3) is 0. The molecule has 0 N–H and O–H groups in total. The van der Waals surface area contributed by atoms with Crippen molar-refractivity contribution in [2.75, 3.05) is 0 Å². The van der Waals surface area contributed by atoms with Gasteiger partial charge in [0.25, 0.3) is 0 Å². The Balaban J connectivity index is 0.000000360. The van der Waals surface area contributed by atoms with Crippen LogP contribution < -0.4 is 0 Å². The van der Waals surface area contributed by atoms with Crippen molar-refractivity contribution in [3.8, 4) is 0 Å². The van der Waals surface area contributed by atoms with E-state index in [1.807, 2.05) is 6.07 Å². The quantitative estimate of drug-likeness (QED) is 0.481. The van der Waals surface area contributed by atoms with E-state index in [0.29, 0.717) is 0 Å². The third-order valence-corrected chi connectivity index (χ3v) is 1.38. The molecule has 1 rings (SSSR count). The Labute approximate surface area is 67.6 Å². The van der Waals surface area contributed by atoms with Gasteiger partial charge in [-0.2, -0.15) is 0 Å². The van der Waals surface area contributed by atoms with Crippen LogP contribution >= 0.6 is 22.9 Å². The molecule has 3 heteroatoms. The third kappa shape index (κ3) is 2.54. The molecule has 0 saturated heterocycles. The average Bonchev–Trinajstić information content (AvgIpc) is 1.86. The van der Waals surface area contributed by atoms with Crippen molar-refractivity contribution in [1.29, 1.82) is 0 Å². The second kappa shape index (κ2) is 3.72. The highest BCUT2D eigenvalue weighted by Crippen LogP contribution is 2.12. The monoisotopic (exact) mass is 143 g/mol. The van der Waals surface area contributed by atoms with Gasteiger partial charge < -0.3 is 0 Å². The first-order chi connectivity index (χ1) is 2.89. The van der Waals surface area contributed by atoms with Gasteiger partial charge >= 0.3 is 23.1 Å². The van der Waals surface area contributed by atoms with E-state index in [1.165, 1.54) is 11.3 Å². The summed E-state index contributed by atoms with van der Waals surface area (Å²) in [5.41, 5.74) is 0. The molecule has 0 amide bonds. The highest BCUT2D eigenvalue weighted by atomic mass is 35.5. The topological polar surface area (TPSA) is 0 Å². The maximum Gasteiger partial charge on any atom is 0.316 e. The summed E-state index contributed by atoms with van der Waals surface area (Å²) < 4.78 is 0.801. The van der Waals surface area contributed by atoms with E-state index in [9.17, 15) is 0 Å². The van der Waals surface area contributed by atoms with Gasteiger partial charge in [-0.1, -0.05) is 11.6 Å². The lowest BCUT2D eigenvalue weighted by Crippen LogP contribution is -1.29. The van der Waals surface area contributed by atoms with Crippen LogP contribution in [0.2, 0.25) is 4.34 Å². The number of rotatable bonds is 0. The van der Waals surface area contributed by atoms with Gasteiger partial charge in [0.05, 0.1) is 4.34 Å². The molecule has 0 fully saturated rings. The Kier molecular flexibility index (Phi) is 4.12. The molecular formula is C4H4ClMgS. The van der Waals surface area contributed by atoms with Crippen molar-refractivity contribution in [3.63, 3.8) is 0 Å². The minimum atomic E-state index is 0. The highest BCUT2D eigenvalue weighted by molar-refractivity contribution is 7.13. The standard InChI is InChI=1S/C4H2ClS.Mg.2H/c5-4-2-1-3-6-4;;;/h1-2H;;;. The molecule has 0 spiro atoms. The van der Waals surface area contributed by atoms with Crippen molar-refractivity contribution < 1.29 is 0 Å². The molecule has 7 heavy (non-hydrogen) atoms. The summed E-state index contributed by atoms with van der Waals surface area (Å²) in [6.45, 7) is 0. The first kappa shape index (κ1) is 7.76. The zero-order valence-corrected chi connectivity index (χ0v) is 4.51. The number of thiophene rings is 1. The highest BCUT2D eigenvalue weighted by Gasteiger charge is 1.78. The summed E-state index contributed by atoms with van der Waals surface area (Å²) >= 11 is 6.86. The van der Waals surface area contributed by atoms with Crippen LogP contribution in [0.15, 0.2) is 12.1 Å². The zero-order valence-electron chi connectivity index (χ0n) is 2.94. The Morgan fingerprint density at radius 2 is 2.43 bits per heavy atom. The fourth-order valence-corrected chi connectivity index (χ4v) is 0.805. The molecule has 0 atom stereocenters. The van der Waals surface area contributed by atoms with Crippen LogP contribution in [0.25, 0.3) is 0 Å². The van der Waals surface area contributed by atoms with Crippen LogP contribution in [0.1, 0.15) is 0 Å². The second-order valence-electron chi connectivity index (χ2n) is 0.857. The summed E-state index contributed by atoms with van der Waals surface area (Å²) in [6.07, 6.45) is 0. The van der Waals surface area contributed by atoms with E-state index in [1.54, 1.807) is 6.07 Å². The molecule has 0 bridgehead atoms. The smallest absolute Gasteiger partial charge is 0.123 e. The van der Waals surface area contributed by atoms with Crippen LogP contribution in [-0.4, -0.2) is 23.1 Å². The minimum Gasteiger partial charge on any atom is -0.123 e. The van der Waals surface area contributed by atoms with Crippen molar-refractivity contribution in [1.82, 2.24) is 0 Å². The molecule has 1 radical (unpaired) electrons. The van der Waals surface area contributed by atoms with Crippen molar-refractivity contribution in [2.45, 2.75) is 0 Å². The van der Waals surface area contributed by atoms with Gasteiger partial charge in [-0.25, -0.2) is 0 Å². The van der Waals surface area contributed by atoms with Crippen molar-refractivity contribution in [3.05, 3.63) is 21.8 Å². The van der Waals surface area contributed by atoms with E-state index < -0.39 is 0 Å². The molecule has 0 aromatic carbocycles. The molecule has 0 nitrogen and oxygen atoms in total. The third-order valence-electron chi connectivity index (χ3n) is 0.439. The predicted octanol–water partition coefficient (Wildman–Crippen LogP) is 1.29. The van der Waals surface area contributed by atoms with Crippen LogP contribution in [0.3, 0.4) is 0 Å². The Hall–Kier alpha value is 0.756. The summed E-state index contributed by atoms with van der Waals surface area (Å²) in [5, 5.41) is 2.84. The van der Waals surface area contributed by atoms with E-state index >= 15 is 0 Å². The van der Waals surface area contributed by atoms with Gasteiger partial charge in [-0.05, 0) is 12.1 Å². The minimum absolute atomic E-state index is 0. The van der Waals surface area contributed by atoms with E-state index in [-0.39, 0.29) is 23.1 Å². The second-order valence-corrected chi connectivity index (χ2v) is 2.37. The first-order valence-corrected chi connectivity index (χ1v) is 2.70.